The lowest BCUT2D eigenvalue weighted by atomic mass is 9.97. The molecule has 0 fully saturated rings. The van der Waals surface area contributed by atoms with Gasteiger partial charge in [-0.25, -0.2) is 14.4 Å². The molecular weight excluding hydrogens is 424 g/mol. The Morgan fingerprint density at radius 2 is 2.21 bits per heavy atom. The van der Waals surface area contributed by atoms with E-state index in [4.69, 9.17) is 0 Å². The van der Waals surface area contributed by atoms with Crippen LogP contribution in [0.2, 0.25) is 0 Å². The summed E-state index contributed by atoms with van der Waals surface area (Å²) in [6, 6.07) is 0. The third-order valence-corrected chi connectivity index (χ3v) is 5.96. The van der Waals surface area contributed by atoms with E-state index in [1.165, 1.54) is 11.3 Å². The number of hydrogen-bond donors (Lipinski definition) is 1. The van der Waals surface area contributed by atoms with Gasteiger partial charge in [0.1, 0.15) is 5.84 Å². The number of aromatic nitrogens is 2. The van der Waals surface area contributed by atoms with Gasteiger partial charge >= 0.3 is 0 Å². The Balaban J connectivity index is 1.67. The first-order valence-corrected chi connectivity index (χ1v) is 10.4. The zero-order chi connectivity index (χ0) is 16.7. The highest BCUT2D eigenvalue weighted by Gasteiger charge is 2.35. The first-order valence-electron chi connectivity index (χ1n) is 7.62. The lowest BCUT2D eigenvalue weighted by Gasteiger charge is -2.31. The van der Waals surface area contributed by atoms with Crippen LogP contribution >= 0.6 is 20.7 Å². The van der Waals surface area contributed by atoms with Crippen molar-refractivity contribution in [2.45, 2.75) is 19.8 Å². The number of alkyl halides is 1. The predicted octanol–water partition coefficient (Wildman–Crippen LogP) is 2.58. The van der Waals surface area contributed by atoms with Gasteiger partial charge in [-0.2, -0.15) is 0 Å². The number of hydrogen-bond acceptors (Lipinski definition) is 5. The topological polar surface area (TPSA) is 70.5 Å². The summed E-state index contributed by atoms with van der Waals surface area (Å²) in [4.78, 5) is 27.0. The summed E-state index contributed by atoms with van der Waals surface area (Å²) in [6.07, 6.45) is 6.11. The Hall–Kier alpha value is -1.97. The van der Waals surface area contributed by atoms with E-state index in [0.29, 0.717) is 17.3 Å². The number of fused-ring (bicyclic) bond motifs is 2. The van der Waals surface area contributed by atoms with Crippen molar-refractivity contribution >= 4 is 42.6 Å². The Bertz CT molecular complexity index is 827. The zero-order valence-electron chi connectivity index (χ0n) is 13.0. The molecule has 1 amide bonds. The number of carbonyl (C=O) groups is 1. The first-order chi connectivity index (χ1) is 11.6. The van der Waals surface area contributed by atoms with Crippen molar-refractivity contribution in [1.82, 2.24) is 14.9 Å². The van der Waals surface area contributed by atoms with Gasteiger partial charge in [0, 0.05) is 9.83 Å². The molecule has 1 N–H and O–H groups in total. The Labute approximate surface area is 148 Å². The largest absolute Gasteiger partial charge is 0.300 e. The van der Waals surface area contributed by atoms with Gasteiger partial charge < -0.3 is 0 Å². The van der Waals surface area contributed by atoms with Crippen molar-refractivity contribution in [1.29, 1.82) is 0 Å². The highest BCUT2D eigenvalue weighted by Crippen LogP contribution is 2.39. The molecular formula is C16H15FIN5O. The number of aliphatic imine (C=N–C) groups is 1. The molecule has 1 aromatic heterocycles. The number of nitrogens with zero attached hydrogens (tertiary/aromatic N) is 4. The second-order valence-corrected chi connectivity index (χ2v) is 7.92. The molecule has 0 bridgehead atoms. The number of amides is 1. The molecule has 0 spiro atoms. The minimum Gasteiger partial charge on any atom is -0.300 e. The predicted molar refractivity (Wildman–Crippen MR) is 98.4 cm³/mol. The molecule has 1 atom stereocenters. The van der Waals surface area contributed by atoms with E-state index in [1.54, 1.807) is 0 Å². The molecule has 0 saturated heterocycles. The average molecular weight is 439 g/mol. The summed E-state index contributed by atoms with van der Waals surface area (Å²) in [5.41, 5.74) is 3.01. The molecule has 2 aliphatic heterocycles. The smallest absolute Gasteiger partial charge is 0.261 e. The number of allylic oxidation sites excluding steroid dienone is 3. The number of anilines is 1. The van der Waals surface area contributed by atoms with Gasteiger partial charge in [-0.3, -0.25) is 20.0 Å². The highest BCUT2D eigenvalue weighted by molar-refractivity contribution is 14.2. The van der Waals surface area contributed by atoms with Crippen LogP contribution in [0.25, 0.3) is 0 Å². The van der Waals surface area contributed by atoms with Crippen LogP contribution in [-0.4, -0.2) is 35.3 Å². The molecule has 0 saturated carbocycles. The van der Waals surface area contributed by atoms with Gasteiger partial charge in [-0.1, -0.05) is 27.7 Å². The molecule has 1 aliphatic carbocycles. The fourth-order valence-corrected chi connectivity index (χ4v) is 4.76. The third kappa shape index (κ3) is 2.68. The van der Waals surface area contributed by atoms with Crippen molar-refractivity contribution in [2.24, 2.45) is 10.9 Å². The average Bonchev–Trinajstić information content (AvgIpc) is 2.97. The standard InChI is InChI=1S/C16H15FIN5O/c1-9-2-3-13-11(9)4-12(14-21-7-18-8-23(13)14)15(24)22-16-19-5-10(17)6-20-16/h4-6,8-9H,2-3,7H2,1H3,(H,19,20,22,24)/t9-/m0/s1. The molecule has 124 valence electrons. The normalized spacial score (nSPS) is 22.2. The lowest BCUT2D eigenvalue weighted by Crippen LogP contribution is -2.38. The van der Waals surface area contributed by atoms with Crippen LogP contribution in [-0.2, 0) is 4.79 Å². The monoisotopic (exact) mass is 439 g/mol. The van der Waals surface area contributed by atoms with Gasteiger partial charge in [0.25, 0.3) is 5.91 Å². The van der Waals surface area contributed by atoms with Crippen molar-refractivity contribution < 1.29 is 9.18 Å². The second kappa shape index (κ2) is 6.15. The minimum absolute atomic E-state index is 0.0842. The molecule has 3 aliphatic rings. The number of halogens is 2. The van der Waals surface area contributed by atoms with E-state index in [1.807, 2.05) is 6.08 Å². The third-order valence-electron chi connectivity index (χ3n) is 4.27. The van der Waals surface area contributed by atoms with E-state index in [2.05, 4.69) is 36.2 Å². The molecule has 0 aromatic carbocycles. The number of rotatable bonds is 2. The summed E-state index contributed by atoms with van der Waals surface area (Å²) in [7, 11) is 0. The molecule has 0 unspecified atom stereocenters. The summed E-state index contributed by atoms with van der Waals surface area (Å²) in [6.45, 7) is 2.18. The summed E-state index contributed by atoms with van der Waals surface area (Å²) in [5, 5.41) is 2.64. The molecule has 24 heavy (non-hydrogen) atoms. The van der Waals surface area contributed by atoms with Crippen LogP contribution in [0.15, 0.2) is 40.3 Å². The van der Waals surface area contributed by atoms with Crippen molar-refractivity contribution in [2.75, 3.05) is 9.87 Å². The van der Waals surface area contributed by atoms with E-state index in [9.17, 15) is 9.18 Å². The van der Waals surface area contributed by atoms with Crippen LogP contribution < -0.4 is 5.32 Å². The van der Waals surface area contributed by atoms with Crippen molar-refractivity contribution in [3.63, 3.8) is 0 Å². The molecule has 6 nitrogen and oxygen atoms in total. The molecule has 1 aromatic rings. The Kier molecular flexibility index (Phi) is 3.99. The molecule has 4 rings (SSSR count). The van der Waals surface area contributed by atoms with Crippen LogP contribution in [0.5, 0.6) is 0 Å². The quantitative estimate of drug-likeness (QED) is 0.437. The van der Waals surface area contributed by atoms with Crippen LogP contribution in [0.3, 0.4) is 0 Å². The number of nitrogens with one attached hydrogen (secondary N) is 1. The van der Waals surface area contributed by atoms with Gasteiger partial charge in [-0.05, 0) is 30.4 Å². The maximum Gasteiger partial charge on any atom is 0.261 e. The summed E-state index contributed by atoms with van der Waals surface area (Å²) in [5.74, 6) is 0.361. The van der Waals surface area contributed by atoms with Crippen LogP contribution in [0, 0.1) is 11.7 Å². The van der Waals surface area contributed by atoms with E-state index >= 15 is 0 Å². The second-order valence-electron chi connectivity index (χ2n) is 5.80. The zero-order valence-corrected chi connectivity index (χ0v) is 15.1. The van der Waals surface area contributed by atoms with Crippen molar-refractivity contribution in [3.8, 4) is 0 Å². The first kappa shape index (κ1) is 15.6. The van der Waals surface area contributed by atoms with Gasteiger partial charge in [-0.15, -0.1) is 0 Å². The number of amidine groups is 1. The SMILES string of the molecule is C[C@H]1CCC2=C1C=C(C(=O)Nc1ncc(F)cn1)C1=NCI=CN12. The van der Waals surface area contributed by atoms with Crippen molar-refractivity contribution in [3.05, 3.63) is 41.1 Å². The van der Waals surface area contributed by atoms with Gasteiger partial charge in [0.15, 0.2) is 5.82 Å². The highest BCUT2D eigenvalue weighted by atomic mass is 127. The van der Waals surface area contributed by atoms with E-state index in [-0.39, 0.29) is 32.6 Å². The Morgan fingerprint density at radius 1 is 1.42 bits per heavy atom. The maximum atomic E-state index is 12.9. The van der Waals surface area contributed by atoms with Crippen LogP contribution in [0.1, 0.15) is 19.8 Å². The molecule has 0 radical (unpaired) electrons. The molecule has 3 heterocycles. The van der Waals surface area contributed by atoms with Crippen LogP contribution in [0.4, 0.5) is 10.3 Å². The number of carbonyl (C=O) groups excluding carboxylic acids is 1. The maximum absolute atomic E-state index is 12.9. The molecule has 8 heteroatoms. The van der Waals surface area contributed by atoms with Gasteiger partial charge in [0.05, 0.1) is 22.5 Å². The summed E-state index contributed by atoms with van der Waals surface area (Å²) < 4.78 is 15.9. The van der Waals surface area contributed by atoms with Gasteiger partial charge in [0.2, 0.25) is 5.95 Å². The lowest BCUT2D eigenvalue weighted by molar-refractivity contribution is -0.112. The minimum atomic E-state index is -0.541. The Morgan fingerprint density at radius 3 is 3.00 bits per heavy atom. The fourth-order valence-electron chi connectivity index (χ4n) is 3.07. The summed E-state index contributed by atoms with van der Waals surface area (Å²) >= 11 is -0.109. The van der Waals surface area contributed by atoms with E-state index < -0.39 is 5.82 Å². The fraction of sp³-hybridized carbons (Fsp3) is 0.312. The van der Waals surface area contributed by atoms with E-state index in [0.717, 1.165) is 29.8 Å².